The van der Waals surface area contributed by atoms with Crippen LogP contribution in [0.1, 0.15) is 46.4 Å². The molecule has 1 amide bonds. The third-order valence-electron chi connectivity index (χ3n) is 5.74. The van der Waals surface area contributed by atoms with Crippen molar-refractivity contribution in [3.63, 3.8) is 0 Å². The molecule has 5 heteroatoms. The Morgan fingerprint density at radius 2 is 1.61 bits per heavy atom. The maximum Gasteiger partial charge on any atom is 0.255 e. The summed E-state index contributed by atoms with van der Waals surface area (Å²) in [6.45, 7) is 1.92. The number of hydrogen-bond donors (Lipinski definition) is 2. The molecule has 0 saturated carbocycles. The minimum atomic E-state index is -0.0946. The smallest absolute Gasteiger partial charge is 0.255 e. The number of aryl methyl sites for hydroxylation is 3. The normalized spacial score (nSPS) is 10.6. The van der Waals surface area contributed by atoms with Crippen LogP contribution in [0.3, 0.4) is 0 Å². The SMILES string of the molecule is Cc1cc(N)c2cc(NC(=O)c3ccccc3CCCCCc3ccccc3)ccc2n1.Cl. The van der Waals surface area contributed by atoms with Crippen LogP contribution in [0.25, 0.3) is 10.9 Å². The molecule has 0 saturated heterocycles. The maximum atomic E-state index is 13.0. The first-order valence-corrected chi connectivity index (χ1v) is 11.2. The number of fused-ring (bicyclic) bond motifs is 1. The van der Waals surface area contributed by atoms with Gasteiger partial charge in [0, 0.05) is 28.0 Å². The number of amides is 1. The summed E-state index contributed by atoms with van der Waals surface area (Å²) in [5.41, 5.74) is 12.4. The fourth-order valence-electron chi connectivity index (χ4n) is 4.09. The lowest BCUT2D eigenvalue weighted by Gasteiger charge is -2.12. The minimum absolute atomic E-state index is 0. The van der Waals surface area contributed by atoms with E-state index in [2.05, 4.69) is 46.7 Å². The van der Waals surface area contributed by atoms with Crippen LogP contribution < -0.4 is 11.1 Å². The lowest BCUT2D eigenvalue weighted by Crippen LogP contribution is -2.14. The zero-order chi connectivity index (χ0) is 22.3. The van der Waals surface area contributed by atoms with Gasteiger partial charge in [0.2, 0.25) is 0 Å². The lowest BCUT2D eigenvalue weighted by atomic mass is 9.99. The van der Waals surface area contributed by atoms with Gasteiger partial charge in [-0.15, -0.1) is 12.4 Å². The number of nitrogen functional groups attached to an aromatic ring is 1. The van der Waals surface area contributed by atoms with E-state index in [9.17, 15) is 4.79 Å². The summed E-state index contributed by atoms with van der Waals surface area (Å²) in [4.78, 5) is 17.5. The fourth-order valence-corrected chi connectivity index (χ4v) is 4.09. The van der Waals surface area contributed by atoms with Crippen molar-refractivity contribution >= 4 is 40.6 Å². The Hall–Kier alpha value is -3.37. The standard InChI is InChI=1S/C28H29N3O.ClH/c1-20-18-26(29)25-19-23(16-17-27(25)30-20)31-28(32)24-15-9-8-14-22(24)13-7-3-6-12-21-10-4-2-5-11-21;/h2,4-5,8-11,14-19H,3,6-7,12-13H2,1H3,(H2,29,30)(H,31,32);1H. The number of carbonyl (C=O) groups excluding carboxylic acids is 1. The number of hydrogen-bond acceptors (Lipinski definition) is 3. The number of benzene rings is 3. The van der Waals surface area contributed by atoms with E-state index in [4.69, 9.17) is 5.73 Å². The molecule has 0 unspecified atom stereocenters. The van der Waals surface area contributed by atoms with Crippen molar-refractivity contribution in [3.8, 4) is 0 Å². The number of carbonyl (C=O) groups is 1. The molecule has 0 spiro atoms. The summed E-state index contributed by atoms with van der Waals surface area (Å²) in [5, 5.41) is 3.88. The summed E-state index contributed by atoms with van der Waals surface area (Å²) in [7, 11) is 0. The molecule has 0 aliphatic rings. The summed E-state index contributed by atoms with van der Waals surface area (Å²) < 4.78 is 0. The van der Waals surface area contributed by atoms with E-state index in [-0.39, 0.29) is 18.3 Å². The van der Waals surface area contributed by atoms with Crippen molar-refractivity contribution in [2.45, 2.75) is 39.0 Å². The number of halogens is 1. The molecule has 0 aliphatic heterocycles. The van der Waals surface area contributed by atoms with Gasteiger partial charge in [-0.2, -0.15) is 0 Å². The molecule has 0 bridgehead atoms. The number of nitrogens with zero attached hydrogens (tertiary/aromatic N) is 1. The number of anilines is 2. The van der Waals surface area contributed by atoms with Crippen LogP contribution in [0.2, 0.25) is 0 Å². The van der Waals surface area contributed by atoms with E-state index in [1.165, 1.54) is 5.56 Å². The van der Waals surface area contributed by atoms with Crippen molar-refractivity contribution in [2.75, 3.05) is 11.1 Å². The van der Waals surface area contributed by atoms with Crippen LogP contribution in [0.4, 0.5) is 11.4 Å². The Morgan fingerprint density at radius 3 is 2.42 bits per heavy atom. The molecule has 0 radical (unpaired) electrons. The molecule has 4 rings (SSSR count). The van der Waals surface area contributed by atoms with Crippen molar-refractivity contribution in [1.29, 1.82) is 0 Å². The highest BCUT2D eigenvalue weighted by molar-refractivity contribution is 6.06. The van der Waals surface area contributed by atoms with Crippen LogP contribution in [0.5, 0.6) is 0 Å². The maximum absolute atomic E-state index is 13.0. The van der Waals surface area contributed by atoms with Gasteiger partial charge >= 0.3 is 0 Å². The largest absolute Gasteiger partial charge is 0.398 e. The average molecular weight is 460 g/mol. The number of aromatic nitrogens is 1. The van der Waals surface area contributed by atoms with Crippen molar-refractivity contribution < 1.29 is 4.79 Å². The molecular weight excluding hydrogens is 430 g/mol. The number of pyridine rings is 1. The van der Waals surface area contributed by atoms with E-state index in [1.807, 2.05) is 49.4 Å². The van der Waals surface area contributed by atoms with Gasteiger partial charge in [0.15, 0.2) is 0 Å². The monoisotopic (exact) mass is 459 g/mol. The third-order valence-corrected chi connectivity index (χ3v) is 5.74. The predicted molar refractivity (Wildman–Crippen MR) is 140 cm³/mol. The van der Waals surface area contributed by atoms with Crippen LogP contribution in [-0.4, -0.2) is 10.9 Å². The first kappa shape index (κ1) is 24.3. The molecule has 3 N–H and O–H groups in total. The van der Waals surface area contributed by atoms with Crippen LogP contribution in [0, 0.1) is 6.92 Å². The fraction of sp³-hybridized carbons (Fsp3) is 0.214. The summed E-state index contributed by atoms with van der Waals surface area (Å²) in [6, 6.07) is 26.0. The number of unbranched alkanes of at least 4 members (excludes halogenated alkanes) is 2. The molecule has 0 aliphatic carbocycles. The first-order valence-electron chi connectivity index (χ1n) is 11.2. The Bertz CT molecular complexity index is 1220. The Kier molecular flexibility index (Phi) is 8.45. The van der Waals surface area contributed by atoms with Crippen molar-refractivity contribution in [2.24, 2.45) is 0 Å². The quantitative estimate of drug-likeness (QED) is 0.286. The van der Waals surface area contributed by atoms with Gasteiger partial charge in [-0.05, 0) is 74.1 Å². The topological polar surface area (TPSA) is 68.0 Å². The van der Waals surface area contributed by atoms with Gasteiger partial charge in [0.1, 0.15) is 0 Å². The van der Waals surface area contributed by atoms with Gasteiger partial charge in [0.25, 0.3) is 5.91 Å². The summed E-state index contributed by atoms with van der Waals surface area (Å²) >= 11 is 0. The average Bonchev–Trinajstić information content (AvgIpc) is 2.80. The highest BCUT2D eigenvalue weighted by Gasteiger charge is 2.12. The lowest BCUT2D eigenvalue weighted by molar-refractivity contribution is 0.102. The van der Waals surface area contributed by atoms with E-state index < -0.39 is 0 Å². The predicted octanol–water partition coefficient (Wildman–Crippen LogP) is 6.76. The molecule has 33 heavy (non-hydrogen) atoms. The van der Waals surface area contributed by atoms with Gasteiger partial charge < -0.3 is 11.1 Å². The Labute approximate surface area is 201 Å². The molecule has 3 aromatic carbocycles. The molecule has 0 atom stereocenters. The highest BCUT2D eigenvalue weighted by atomic mass is 35.5. The van der Waals surface area contributed by atoms with Crippen LogP contribution in [0.15, 0.2) is 78.9 Å². The molecule has 0 fully saturated rings. The number of rotatable bonds is 8. The van der Waals surface area contributed by atoms with Gasteiger partial charge in [-0.1, -0.05) is 55.0 Å². The molecule has 4 aromatic rings. The van der Waals surface area contributed by atoms with Gasteiger partial charge in [-0.3, -0.25) is 9.78 Å². The highest BCUT2D eigenvalue weighted by Crippen LogP contribution is 2.25. The molecule has 4 nitrogen and oxygen atoms in total. The van der Waals surface area contributed by atoms with Crippen molar-refractivity contribution in [3.05, 3.63) is 101 Å². The first-order chi connectivity index (χ1) is 15.6. The molecule has 170 valence electrons. The van der Waals surface area contributed by atoms with Crippen LogP contribution >= 0.6 is 12.4 Å². The number of nitrogens with one attached hydrogen (secondary N) is 1. The third kappa shape index (κ3) is 6.33. The minimum Gasteiger partial charge on any atom is -0.398 e. The zero-order valence-electron chi connectivity index (χ0n) is 18.9. The molecule has 1 heterocycles. The van der Waals surface area contributed by atoms with E-state index >= 15 is 0 Å². The van der Waals surface area contributed by atoms with Gasteiger partial charge in [-0.25, -0.2) is 0 Å². The number of nitrogens with two attached hydrogens (primary N) is 1. The van der Waals surface area contributed by atoms with Gasteiger partial charge in [0.05, 0.1) is 5.52 Å². The van der Waals surface area contributed by atoms with Crippen molar-refractivity contribution in [1.82, 2.24) is 4.98 Å². The van der Waals surface area contributed by atoms with E-state index in [1.54, 1.807) is 0 Å². The summed E-state index contributed by atoms with van der Waals surface area (Å²) in [5.74, 6) is -0.0946. The molecular formula is C28H30ClN3O. The summed E-state index contributed by atoms with van der Waals surface area (Å²) in [6.07, 6.45) is 5.36. The van der Waals surface area contributed by atoms with E-state index in [0.717, 1.165) is 65.5 Å². The second-order valence-corrected chi connectivity index (χ2v) is 8.24. The second kappa shape index (κ2) is 11.5. The Balaban J connectivity index is 0.00000306. The Morgan fingerprint density at radius 1 is 0.879 bits per heavy atom. The van der Waals surface area contributed by atoms with E-state index in [0.29, 0.717) is 5.69 Å². The molecule has 1 aromatic heterocycles. The van der Waals surface area contributed by atoms with Crippen LogP contribution in [-0.2, 0) is 12.8 Å². The zero-order valence-corrected chi connectivity index (χ0v) is 19.7. The second-order valence-electron chi connectivity index (χ2n) is 8.24.